The Morgan fingerprint density at radius 1 is 1.36 bits per heavy atom. The molecule has 6 heteroatoms. The minimum Gasteiger partial charge on any atom is -0.493 e. The number of carbonyl (C=O) groups excluding carboxylic acids is 1. The second kappa shape index (κ2) is 5.71. The standard InChI is InChI=1S/C22H27NO5/c1-26-16-5-4-13-11-17-22(25)7-6-15(24)20-21(22,18(13)19(16)28-20)8-9-23(17)12-14-3-2-10-27-14/h4-5,14,17,20,25H,2-3,6-12H2,1H3. The first-order chi connectivity index (χ1) is 13.6. The maximum Gasteiger partial charge on any atom is 0.174 e. The highest BCUT2D eigenvalue weighted by Gasteiger charge is 2.73. The monoisotopic (exact) mass is 385 g/mol. The van der Waals surface area contributed by atoms with E-state index in [2.05, 4.69) is 11.0 Å². The molecule has 1 aromatic rings. The van der Waals surface area contributed by atoms with Gasteiger partial charge in [0.1, 0.15) is 0 Å². The van der Waals surface area contributed by atoms with Crippen LogP contribution < -0.4 is 9.47 Å². The van der Waals surface area contributed by atoms with Crippen LogP contribution in [-0.2, 0) is 21.4 Å². The quantitative estimate of drug-likeness (QED) is 0.853. The van der Waals surface area contributed by atoms with E-state index in [1.807, 2.05) is 6.07 Å². The van der Waals surface area contributed by atoms with Gasteiger partial charge in [-0.05, 0) is 50.3 Å². The molecule has 3 aliphatic heterocycles. The lowest BCUT2D eigenvalue weighted by atomic mass is 9.49. The zero-order valence-corrected chi connectivity index (χ0v) is 16.3. The van der Waals surface area contributed by atoms with E-state index in [1.54, 1.807) is 7.11 Å². The lowest BCUT2D eigenvalue weighted by molar-refractivity contribution is -0.191. The number of hydrogen-bond donors (Lipinski definition) is 1. The van der Waals surface area contributed by atoms with Gasteiger partial charge in [-0.2, -0.15) is 0 Å². The summed E-state index contributed by atoms with van der Waals surface area (Å²) in [6.45, 7) is 2.56. The second-order valence-electron chi connectivity index (χ2n) is 9.09. The van der Waals surface area contributed by atoms with Gasteiger partial charge in [-0.25, -0.2) is 0 Å². The van der Waals surface area contributed by atoms with E-state index in [1.165, 1.54) is 5.56 Å². The average molecular weight is 385 g/mol. The Kier molecular flexibility index (Phi) is 3.52. The maximum absolute atomic E-state index is 12.9. The number of ether oxygens (including phenoxy) is 3. The number of nitrogens with zero attached hydrogens (tertiary/aromatic N) is 1. The first-order valence-electron chi connectivity index (χ1n) is 10.6. The summed E-state index contributed by atoms with van der Waals surface area (Å²) in [4.78, 5) is 15.3. The van der Waals surface area contributed by atoms with Crippen LogP contribution in [0.15, 0.2) is 12.1 Å². The van der Waals surface area contributed by atoms with Crippen LogP contribution in [0.5, 0.6) is 11.5 Å². The van der Waals surface area contributed by atoms with E-state index in [0.29, 0.717) is 24.3 Å². The van der Waals surface area contributed by atoms with E-state index in [4.69, 9.17) is 14.2 Å². The Labute approximate surface area is 164 Å². The van der Waals surface area contributed by atoms with E-state index in [9.17, 15) is 9.90 Å². The van der Waals surface area contributed by atoms with Crippen molar-refractivity contribution in [3.05, 3.63) is 23.3 Å². The predicted octanol–water partition coefficient (Wildman–Crippen LogP) is 1.60. The molecule has 2 aliphatic carbocycles. The number of rotatable bonds is 3. The van der Waals surface area contributed by atoms with Crippen LogP contribution in [0.4, 0.5) is 0 Å². The molecule has 1 spiro atoms. The van der Waals surface area contributed by atoms with Crippen molar-refractivity contribution in [1.29, 1.82) is 0 Å². The van der Waals surface area contributed by atoms with Crippen LogP contribution in [0.1, 0.15) is 43.2 Å². The highest BCUT2D eigenvalue weighted by atomic mass is 16.5. The summed E-state index contributed by atoms with van der Waals surface area (Å²) in [6.07, 6.45) is 4.27. The largest absolute Gasteiger partial charge is 0.493 e. The van der Waals surface area contributed by atoms with Crippen molar-refractivity contribution < 1.29 is 24.1 Å². The Bertz CT molecular complexity index is 850. The van der Waals surface area contributed by atoms with Crippen LogP contribution in [0.2, 0.25) is 0 Å². The van der Waals surface area contributed by atoms with Crippen molar-refractivity contribution in [2.75, 3.05) is 26.8 Å². The number of hydrogen-bond acceptors (Lipinski definition) is 6. The van der Waals surface area contributed by atoms with Crippen LogP contribution >= 0.6 is 0 Å². The molecule has 5 aliphatic rings. The van der Waals surface area contributed by atoms with Gasteiger partial charge >= 0.3 is 0 Å². The summed E-state index contributed by atoms with van der Waals surface area (Å²) in [6, 6.07) is 4.04. The molecule has 150 valence electrons. The number of Topliss-reactive ketones (excluding diaryl/α,β-unsaturated/α-hetero) is 1. The molecule has 1 saturated carbocycles. The fourth-order valence-corrected chi connectivity index (χ4v) is 6.83. The van der Waals surface area contributed by atoms with Gasteiger partial charge < -0.3 is 19.3 Å². The summed E-state index contributed by atoms with van der Waals surface area (Å²) < 4.78 is 17.7. The molecule has 0 aromatic heterocycles. The van der Waals surface area contributed by atoms with Crippen molar-refractivity contribution >= 4 is 5.78 Å². The molecule has 3 heterocycles. The summed E-state index contributed by atoms with van der Waals surface area (Å²) in [5.41, 5.74) is 0.644. The first-order valence-corrected chi connectivity index (χ1v) is 10.6. The van der Waals surface area contributed by atoms with Crippen LogP contribution in [0.3, 0.4) is 0 Å². The number of benzene rings is 1. The molecule has 2 bridgehead atoms. The molecule has 2 saturated heterocycles. The smallest absolute Gasteiger partial charge is 0.174 e. The molecule has 1 N–H and O–H groups in total. The van der Waals surface area contributed by atoms with Gasteiger partial charge in [-0.3, -0.25) is 9.69 Å². The summed E-state index contributed by atoms with van der Waals surface area (Å²) in [7, 11) is 1.63. The molecule has 6 rings (SSSR count). The molecule has 0 radical (unpaired) electrons. The zero-order valence-electron chi connectivity index (χ0n) is 16.3. The second-order valence-corrected chi connectivity index (χ2v) is 9.09. The highest BCUT2D eigenvalue weighted by Crippen LogP contribution is 2.64. The Hall–Kier alpha value is -1.63. The van der Waals surface area contributed by atoms with Gasteiger partial charge in [0.2, 0.25) is 0 Å². The fraction of sp³-hybridized carbons (Fsp3) is 0.682. The normalized spacial score (nSPS) is 40.9. The number of likely N-dealkylation sites (tertiary alicyclic amines) is 1. The molecule has 3 fully saturated rings. The lowest BCUT2D eigenvalue weighted by Crippen LogP contribution is -2.76. The van der Waals surface area contributed by atoms with Crippen molar-refractivity contribution in [2.45, 2.75) is 67.8 Å². The van der Waals surface area contributed by atoms with Crippen molar-refractivity contribution in [2.24, 2.45) is 0 Å². The van der Waals surface area contributed by atoms with Crippen molar-refractivity contribution in [3.63, 3.8) is 0 Å². The third-order valence-electron chi connectivity index (χ3n) is 8.04. The molecule has 5 atom stereocenters. The third-order valence-corrected chi connectivity index (χ3v) is 8.04. The summed E-state index contributed by atoms with van der Waals surface area (Å²) in [5, 5.41) is 12.2. The zero-order chi connectivity index (χ0) is 19.1. The number of piperidine rings is 1. The lowest BCUT2D eigenvalue weighted by Gasteiger charge is -2.62. The first kappa shape index (κ1) is 17.2. The fourth-order valence-electron chi connectivity index (χ4n) is 6.83. The Balaban J connectivity index is 1.50. The van der Waals surface area contributed by atoms with E-state index < -0.39 is 17.1 Å². The van der Waals surface area contributed by atoms with E-state index in [0.717, 1.165) is 50.9 Å². The number of carbonyl (C=O) groups is 1. The van der Waals surface area contributed by atoms with Crippen LogP contribution in [-0.4, -0.2) is 66.4 Å². The Morgan fingerprint density at radius 3 is 3.04 bits per heavy atom. The van der Waals surface area contributed by atoms with E-state index in [-0.39, 0.29) is 17.9 Å². The Morgan fingerprint density at radius 2 is 2.25 bits per heavy atom. The number of aliphatic hydroxyl groups is 1. The number of ketones is 1. The molecular formula is C22H27NO5. The topological polar surface area (TPSA) is 68.2 Å². The highest BCUT2D eigenvalue weighted by molar-refractivity contribution is 5.90. The molecule has 28 heavy (non-hydrogen) atoms. The van der Waals surface area contributed by atoms with E-state index >= 15 is 0 Å². The van der Waals surface area contributed by atoms with Crippen molar-refractivity contribution in [1.82, 2.24) is 4.90 Å². The van der Waals surface area contributed by atoms with Crippen LogP contribution in [0.25, 0.3) is 0 Å². The average Bonchev–Trinajstić information content (AvgIpc) is 3.32. The summed E-state index contributed by atoms with van der Waals surface area (Å²) in [5.74, 6) is 1.46. The van der Waals surface area contributed by atoms with Gasteiger partial charge in [0.25, 0.3) is 0 Å². The van der Waals surface area contributed by atoms with Gasteiger partial charge in [0.15, 0.2) is 23.4 Å². The minimum atomic E-state index is -0.951. The number of methoxy groups -OCH3 is 1. The van der Waals surface area contributed by atoms with Gasteiger partial charge in [0.05, 0.1) is 24.2 Å². The molecule has 5 unspecified atom stereocenters. The third kappa shape index (κ3) is 1.91. The molecule has 0 amide bonds. The van der Waals surface area contributed by atoms with Gasteiger partial charge in [0, 0.05) is 31.2 Å². The minimum absolute atomic E-state index is 0.00325. The maximum atomic E-state index is 12.9. The molecule has 1 aromatic carbocycles. The van der Waals surface area contributed by atoms with Gasteiger partial charge in [-0.1, -0.05) is 6.07 Å². The SMILES string of the molecule is COc1ccc2c3c1OC1C(=O)CCC4(O)C(C2)N(CC2CCCO2)CCC314. The molecular weight excluding hydrogens is 358 g/mol. The van der Waals surface area contributed by atoms with Crippen LogP contribution in [0, 0.1) is 0 Å². The van der Waals surface area contributed by atoms with Gasteiger partial charge in [-0.15, -0.1) is 0 Å². The predicted molar refractivity (Wildman–Crippen MR) is 101 cm³/mol. The summed E-state index contributed by atoms with van der Waals surface area (Å²) >= 11 is 0. The molecule has 6 nitrogen and oxygen atoms in total. The van der Waals surface area contributed by atoms with Crippen molar-refractivity contribution in [3.8, 4) is 11.5 Å².